The van der Waals surface area contributed by atoms with Crippen LogP contribution in [0.15, 0.2) is 0 Å². The van der Waals surface area contributed by atoms with E-state index < -0.39 is 9.84 Å². The molecular formula is C12H23NO3S. The summed E-state index contributed by atoms with van der Waals surface area (Å²) in [5.74, 6) is 0.616. The molecule has 2 fully saturated rings. The smallest absolute Gasteiger partial charge is 0.152 e. The van der Waals surface area contributed by atoms with Crippen molar-refractivity contribution in [3.05, 3.63) is 0 Å². The average Bonchev–Trinajstić information content (AvgIpc) is 2.53. The fourth-order valence-corrected chi connectivity index (χ4v) is 5.02. The highest BCUT2D eigenvalue weighted by molar-refractivity contribution is 7.91. The molecule has 3 atom stereocenters. The van der Waals surface area contributed by atoms with Gasteiger partial charge in [-0.2, -0.15) is 0 Å². The first-order chi connectivity index (χ1) is 7.92. The van der Waals surface area contributed by atoms with Crippen molar-refractivity contribution in [2.45, 2.75) is 57.2 Å². The van der Waals surface area contributed by atoms with Gasteiger partial charge in [0.2, 0.25) is 0 Å². The maximum absolute atomic E-state index is 11.5. The van der Waals surface area contributed by atoms with Crippen LogP contribution in [0.5, 0.6) is 0 Å². The predicted octanol–water partition coefficient (Wildman–Crippen LogP) is 1.11. The van der Waals surface area contributed by atoms with E-state index in [1.807, 2.05) is 6.92 Å². The summed E-state index contributed by atoms with van der Waals surface area (Å²) in [6.07, 6.45) is 4.11. The molecule has 100 valence electrons. The molecule has 0 aliphatic carbocycles. The van der Waals surface area contributed by atoms with Gasteiger partial charge in [0.05, 0.1) is 17.6 Å². The largest absolute Gasteiger partial charge is 0.378 e. The highest BCUT2D eigenvalue weighted by Gasteiger charge is 2.40. The zero-order valence-electron chi connectivity index (χ0n) is 10.7. The molecule has 5 heteroatoms. The molecule has 2 heterocycles. The first-order valence-corrected chi connectivity index (χ1v) is 8.34. The van der Waals surface area contributed by atoms with Crippen LogP contribution in [0.4, 0.5) is 0 Å². The summed E-state index contributed by atoms with van der Waals surface area (Å²) < 4.78 is 28.7. The summed E-state index contributed by atoms with van der Waals surface area (Å²) in [7, 11) is -2.82. The van der Waals surface area contributed by atoms with Crippen LogP contribution in [0.1, 0.15) is 39.5 Å². The van der Waals surface area contributed by atoms with Gasteiger partial charge in [0, 0.05) is 18.2 Å². The van der Waals surface area contributed by atoms with Crippen molar-refractivity contribution < 1.29 is 13.2 Å². The number of nitrogens with one attached hydrogen (secondary N) is 1. The van der Waals surface area contributed by atoms with Gasteiger partial charge in [0.25, 0.3) is 0 Å². The fraction of sp³-hybridized carbons (Fsp3) is 1.00. The Balaban J connectivity index is 1.92. The zero-order valence-corrected chi connectivity index (χ0v) is 11.6. The lowest BCUT2D eigenvalue weighted by atomic mass is 9.95. The molecule has 2 aliphatic rings. The monoisotopic (exact) mass is 261 g/mol. The molecule has 0 amide bonds. The Kier molecular flexibility index (Phi) is 3.80. The summed E-state index contributed by atoms with van der Waals surface area (Å²) in [6, 6.07) is 0.409. The van der Waals surface area contributed by atoms with Crippen molar-refractivity contribution in [2.24, 2.45) is 0 Å². The topological polar surface area (TPSA) is 55.4 Å². The lowest BCUT2D eigenvalue weighted by Gasteiger charge is -2.35. The minimum Gasteiger partial charge on any atom is -0.378 e. The highest BCUT2D eigenvalue weighted by Crippen LogP contribution is 2.26. The van der Waals surface area contributed by atoms with Gasteiger partial charge in [0.1, 0.15) is 0 Å². The molecule has 2 aliphatic heterocycles. The summed E-state index contributed by atoms with van der Waals surface area (Å²) in [5, 5.41) is 3.55. The molecule has 1 N–H and O–H groups in total. The fourth-order valence-electron chi connectivity index (χ4n) is 2.91. The van der Waals surface area contributed by atoms with Gasteiger partial charge in [-0.15, -0.1) is 0 Å². The standard InChI is InChI=1S/C12H23NO3S/c1-3-11-8-10(4-6-16-11)13-12(2)5-7-17(14,15)9-12/h10-11,13H,3-9H2,1-2H3. The molecule has 2 rings (SSSR count). The lowest BCUT2D eigenvalue weighted by Crippen LogP contribution is -2.51. The Morgan fingerprint density at radius 3 is 2.82 bits per heavy atom. The van der Waals surface area contributed by atoms with Crippen LogP contribution in [0, 0.1) is 0 Å². The van der Waals surface area contributed by atoms with Crippen LogP contribution >= 0.6 is 0 Å². The minimum atomic E-state index is -2.82. The van der Waals surface area contributed by atoms with E-state index in [-0.39, 0.29) is 11.3 Å². The third-order valence-corrected chi connectivity index (χ3v) is 5.78. The first-order valence-electron chi connectivity index (χ1n) is 6.52. The average molecular weight is 261 g/mol. The maximum atomic E-state index is 11.5. The summed E-state index contributed by atoms with van der Waals surface area (Å²) >= 11 is 0. The number of sulfone groups is 1. The molecule has 0 radical (unpaired) electrons. The molecular weight excluding hydrogens is 238 g/mol. The Bertz CT molecular complexity index is 368. The van der Waals surface area contributed by atoms with Crippen molar-refractivity contribution in [1.82, 2.24) is 5.32 Å². The maximum Gasteiger partial charge on any atom is 0.152 e. The van der Waals surface area contributed by atoms with Gasteiger partial charge < -0.3 is 10.1 Å². The van der Waals surface area contributed by atoms with Gasteiger partial charge >= 0.3 is 0 Å². The van der Waals surface area contributed by atoms with E-state index in [1.165, 1.54) is 0 Å². The van der Waals surface area contributed by atoms with Crippen LogP contribution in [-0.2, 0) is 14.6 Å². The quantitative estimate of drug-likeness (QED) is 0.827. The van der Waals surface area contributed by atoms with Crippen LogP contribution < -0.4 is 5.32 Å². The van der Waals surface area contributed by atoms with Crippen molar-refractivity contribution in [1.29, 1.82) is 0 Å². The second-order valence-corrected chi connectivity index (χ2v) is 7.85. The molecule has 4 nitrogen and oxygen atoms in total. The van der Waals surface area contributed by atoms with Crippen molar-refractivity contribution in [2.75, 3.05) is 18.1 Å². The van der Waals surface area contributed by atoms with E-state index in [2.05, 4.69) is 12.2 Å². The Morgan fingerprint density at radius 2 is 2.24 bits per heavy atom. The van der Waals surface area contributed by atoms with Crippen molar-refractivity contribution in [3.8, 4) is 0 Å². The van der Waals surface area contributed by atoms with Gasteiger partial charge in [-0.1, -0.05) is 6.92 Å². The normalized spacial score (nSPS) is 41.5. The van der Waals surface area contributed by atoms with Crippen LogP contribution in [-0.4, -0.2) is 44.2 Å². The van der Waals surface area contributed by atoms with Gasteiger partial charge in [0.15, 0.2) is 9.84 Å². The predicted molar refractivity (Wildman–Crippen MR) is 67.9 cm³/mol. The van der Waals surface area contributed by atoms with Crippen molar-refractivity contribution >= 4 is 9.84 Å². The summed E-state index contributed by atoms with van der Waals surface area (Å²) in [4.78, 5) is 0. The molecule has 3 unspecified atom stereocenters. The summed E-state index contributed by atoms with van der Waals surface area (Å²) in [5.41, 5.74) is -0.223. The van der Waals surface area contributed by atoms with E-state index in [1.54, 1.807) is 0 Å². The second-order valence-electron chi connectivity index (χ2n) is 5.67. The molecule has 2 saturated heterocycles. The Morgan fingerprint density at radius 1 is 1.47 bits per heavy atom. The number of rotatable bonds is 3. The number of hydrogen-bond donors (Lipinski definition) is 1. The number of ether oxygens (including phenoxy) is 1. The minimum absolute atomic E-state index is 0.223. The SMILES string of the molecule is CCC1CC(NC2(C)CCS(=O)(=O)C2)CCO1. The van der Waals surface area contributed by atoms with Crippen LogP contribution in [0.25, 0.3) is 0 Å². The third-order valence-electron chi connectivity index (χ3n) is 3.88. The van der Waals surface area contributed by atoms with Crippen molar-refractivity contribution in [3.63, 3.8) is 0 Å². The van der Waals surface area contributed by atoms with E-state index in [0.717, 1.165) is 32.3 Å². The van der Waals surface area contributed by atoms with E-state index in [0.29, 0.717) is 17.9 Å². The van der Waals surface area contributed by atoms with Gasteiger partial charge in [-0.3, -0.25) is 0 Å². The van der Waals surface area contributed by atoms with Gasteiger partial charge in [-0.05, 0) is 32.6 Å². The highest BCUT2D eigenvalue weighted by atomic mass is 32.2. The molecule has 0 aromatic rings. The Labute approximate surface area is 104 Å². The van der Waals surface area contributed by atoms with E-state index >= 15 is 0 Å². The number of hydrogen-bond acceptors (Lipinski definition) is 4. The molecule has 0 spiro atoms. The summed E-state index contributed by atoms with van der Waals surface area (Å²) in [6.45, 7) is 4.96. The zero-order chi connectivity index (χ0) is 12.5. The molecule has 0 bridgehead atoms. The molecule has 0 aromatic heterocycles. The van der Waals surface area contributed by atoms with E-state index in [4.69, 9.17) is 4.74 Å². The molecule has 0 saturated carbocycles. The van der Waals surface area contributed by atoms with E-state index in [9.17, 15) is 8.42 Å². The van der Waals surface area contributed by atoms with Crippen LogP contribution in [0.2, 0.25) is 0 Å². The van der Waals surface area contributed by atoms with Gasteiger partial charge in [-0.25, -0.2) is 8.42 Å². The molecule has 0 aromatic carbocycles. The second kappa shape index (κ2) is 4.86. The first kappa shape index (κ1) is 13.3. The Hall–Kier alpha value is -0.130. The van der Waals surface area contributed by atoms with Crippen LogP contribution in [0.3, 0.4) is 0 Å². The lowest BCUT2D eigenvalue weighted by molar-refractivity contribution is -0.00434. The third kappa shape index (κ3) is 3.42. The molecule has 17 heavy (non-hydrogen) atoms.